The summed E-state index contributed by atoms with van der Waals surface area (Å²) in [7, 11) is 2.24. The van der Waals surface area contributed by atoms with Crippen molar-refractivity contribution in [2.75, 3.05) is 33.2 Å². The van der Waals surface area contributed by atoms with Crippen LogP contribution in [0.4, 0.5) is 0 Å². The summed E-state index contributed by atoms with van der Waals surface area (Å²) >= 11 is 0. The number of rotatable bonds is 3. The minimum Gasteiger partial charge on any atom is -0.343 e. The van der Waals surface area contributed by atoms with Crippen LogP contribution in [-0.4, -0.2) is 47.6 Å². The maximum absolute atomic E-state index is 2.63. The van der Waals surface area contributed by atoms with Crippen LogP contribution in [-0.2, 0) is 19.5 Å². The molecule has 0 bridgehead atoms. The third-order valence-electron chi connectivity index (χ3n) is 5.44. The highest BCUT2D eigenvalue weighted by atomic mass is 15.2. The van der Waals surface area contributed by atoms with Crippen LogP contribution in [0.25, 0.3) is 10.9 Å². The standard InChI is InChI=1S/C19H27N3/c1-15-5-6-18-16(13-15)17-14-20(2)10-7-19(17)22(18)12-11-21-8-3-4-9-21/h5-6,13H,3-4,7-12,14H2,1-2H3. The van der Waals surface area contributed by atoms with E-state index in [2.05, 4.69) is 46.5 Å². The summed E-state index contributed by atoms with van der Waals surface area (Å²) in [5.41, 5.74) is 6.00. The van der Waals surface area contributed by atoms with E-state index in [0.29, 0.717) is 0 Å². The lowest BCUT2D eigenvalue weighted by Gasteiger charge is -2.25. The molecule has 3 heteroatoms. The number of likely N-dealkylation sites (tertiary alicyclic amines) is 1. The monoisotopic (exact) mass is 297 g/mol. The largest absolute Gasteiger partial charge is 0.343 e. The molecule has 118 valence electrons. The zero-order chi connectivity index (χ0) is 15.1. The Balaban J connectivity index is 1.72. The van der Waals surface area contributed by atoms with Gasteiger partial charge >= 0.3 is 0 Å². The molecular weight excluding hydrogens is 270 g/mol. The predicted octanol–water partition coefficient (Wildman–Crippen LogP) is 3.03. The number of hydrogen-bond acceptors (Lipinski definition) is 2. The first-order valence-electron chi connectivity index (χ1n) is 8.74. The summed E-state index contributed by atoms with van der Waals surface area (Å²) in [6, 6.07) is 7.00. The minimum absolute atomic E-state index is 1.10. The molecule has 4 rings (SSSR count). The molecule has 0 N–H and O–H groups in total. The van der Waals surface area contributed by atoms with Crippen LogP contribution in [0.3, 0.4) is 0 Å². The Kier molecular flexibility index (Phi) is 3.71. The Hall–Kier alpha value is -1.32. The van der Waals surface area contributed by atoms with Crippen molar-refractivity contribution in [1.82, 2.24) is 14.4 Å². The molecule has 3 heterocycles. The summed E-state index contributed by atoms with van der Waals surface area (Å²) in [5.74, 6) is 0. The molecule has 1 aromatic heterocycles. The van der Waals surface area contributed by atoms with Gasteiger partial charge in [-0.3, -0.25) is 0 Å². The van der Waals surface area contributed by atoms with E-state index in [-0.39, 0.29) is 0 Å². The predicted molar refractivity (Wildman–Crippen MR) is 92.4 cm³/mol. The molecule has 0 saturated carbocycles. The van der Waals surface area contributed by atoms with Crippen LogP contribution in [0.1, 0.15) is 29.7 Å². The van der Waals surface area contributed by atoms with Crippen LogP contribution in [0.15, 0.2) is 18.2 Å². The summed E-state index contributed by atoms with van der Waals surface area (Å²) in [5, 5.41) is 1.49. The van der Waals surface area contributed by atoms with E-state index >= 15 is 0 Å². The summed E-state index contributed by atoms with van der Waals surface area (Å²) in [4.78, 5) is 5.08. The van der Waals surface area contributed by atoms with Crippen molar-refractivity contribution in [2.45, 2.75) is 39.3 Å². The van der Waals surface area contributed by atoms with Gasteiger partial charge in [-0.1, -0.05) is 11.6 Å². The summed E-state index contributed by atoms with van der Waals surface area (Å²) in [6.07, 6.45) is 3.96. The van der Waals surface area contributed by atoms with Gasteiger partial charge in [-0.2, -0.15) is 0 Å². The fraction of sp³-hybridized carbons (Fsp3) is 0.579. The van der Waals surface area contributed by atoms with Crippen LogP contribution < -0.4 is 0 Å². The molecule has 0 aliphatic carbocycles. The average Bonchev–Trinajstić information content (AvgIpc) is 3.11. The Labute approximate surface area is 133 Å². The summed E-state index contributed by atoms with van der Waals surface area (Å²) < 4.78 is 2.62. The molecule has 1 saturated heterocycles. The Morgan fingerprint density at radius 1 is 1.05 bits per heavy atom. The van der Waals surface area contributed by atoms with E-state index in [1.165, 1.54) is 61.9 Å². The zero-order valence-electron chi connectivity index (χ0n) is 13.9. The number of benzene rings is 1. The molecule has 0 radical (unpaired) electrons. The number of nitrogens with zero attached hydrogens (tertiary/aromatic N) is 3. The van der Waals surface area contributed by atoms with E-state index < -0.39 is 0 Å². The van der Waals surface area contributed by atoms with E-state index in [4.69, 9.17) is 0 Å². The Bertz CT molecular complexity index is 680. The second-order valence-corrected chi connectivity index (χ2v) is 7.13. The van der Waals surface area contributed by atoms with Gasteiger partial charge in [0, 0.05) is 49.2 Å². The zero-order valence-corrected chi connectivity index (χ0v) is 13.9. The van der Waals surface area contributed by atoms with Crippen LogP contribution in [0.2, 0.25) is 0 Å². The van der Waals surface area contributed by atoms with E-state index in [1.807, 2.05) is 0 Å². The van der Waals surface area contributed by atoms with Crippen molar-refractivity contribution in [3.05, 3.63) is 35.0 Å². The van der Waals surface area contributed by atoms with Gasteiger partial charge < -0.3 is 14.4 Å². The molecule has 2 aromatic rings. The molecule has 22 heavy (non-hydrogen) atoms. The second kappa shape index (κ2) is 5.71. The van der Waals surface area contributed by atoms with Crippen molar-refractivity contribution in [2.24, 2.45) is 0 Å². The van der Waals surface area contributed by atoms with Gasteiger partial charge in [0.05, 0.1) is 0 Å². The first-order chi connectivity index (χ1) is 10.7. The fourth-order valence-electron chi connectivity index (χ4n) is 4.20. The topological polar surface area (TPSA) is 11.4 Å². The van der Waals surface area contributed by atoms with Crippen LogP contribution >= 0.6 is 0 Å². The molecule has 0 unspecified atom stereocenters. The van der Waals surface area contributed by atoms with E-state index in [0.717, 1.165) is 13.1 Å². The van der Waals surface area contributed by atoms with Gasteiger partial charge in [-0.15, -0.1) is 0 Å². The lowest BCUT2D eigenvalue weighted by atomic mass is 10.0. The van der Waals surface area contributed by atoms with Crippen molar-refractivity contribution < 1.29 is 0 Å². The fourth-order valence-corrected chi connectivity index (χ4v) is 4.20. The van der Waals surface area contributed by atoms with Gasteiger partial charge in [0.15, 0.2) is 0 Å². The maximum atomic E-state index is 2.63. The molecule has 0 amide bonds. The van der Waals surface area contributed by atoms with Gasteiger partial charge in [-0.25, -0.2) is 0 Å². The van der Waals surface area contributed by atoms with Gasteiger partial charge in [0.2, 0.25) is 0 Å². The smallest absolute Gasteiger partial charge is 0.0486 e. The number of fused-ring (bicyclic) bond motifs is 3. The Morgan fingerprint density at radius 3 is 2.68 bits per heavy atom. The highest BCUT2D eigenvalue weighted by Crippen LogP contribution is 2.31. The molecular formula is C19H27N3. The highest BCUT2D eigenvalue weighted by molar-refractivity contribution is 5.86. The average molecular weight is 297 g/mol. The summed E-state index contributed by atoms with van der Waals surface area (Å²) in [6.45, 7) is 9.45. The number of aryl methyl sites for hydroxylation is 1. The molecule has 0 atom stereocenters. The molecule has 3 nitrogen and oxygen atoms in total. The first-order valence-corrected chi connectivity index (χ1v) is 8.74. The Morgan fingerprint density at radius 2 is 1.86 bits per heavy atom. The first kappa shape index (κ1) is 14.3. The van der Waals surface area contributed by atoms with E-state index in [1.54, 1.807) is 11.3 Å². The third kappa shape index (κ3) is 2.46. The highest BCUT2D eigenvalue weighted by Gasteiger charge is 2.22. The molecule has 2 aliphatic heterocycles. The van der Waals surface area contributed by atoms with Crippen molar-refractivity contribution in [1.29, 1.82) is 0 Å². The van der Waals surface area contributed by atoms with Gasteiger partial charge in [0.25, 0.3) is 0 Å². The van der Waals surface area contributed by atoms with Crippen molar-refractivity contribution in [3.8, 4) is 0 Å². The van der Waals surface area contributed by atoms with Gasteiger partial charge in [-0.05, 0) is 57.6 Å². The van der Waals surface area contributed by atoms with Crippen molar-refractivity contribution in [3.63, 3.8) is 0 Å². The molecule has 0 spiro atoms. The van der Waals surface area contributed by atoms with E-state index in [9.17, 15) is 0 Å². The molecule has 1 fully saturated rings. The maximum Gasteiger partial charge on any atom is 0.0486 e. The second-order valence-electron chi connectivity index (χ2n) is 7.13. The lowest BCUT2D eigenvalue weighted by molar-refractivity contribution is 0.300. The van der Waals surface area contributed by atoms with Crippen LogP contribution in [0, 0.1) is 6.92 Å². The van der Waals surface area contributed by atoms with Crippen molar-refractivity contribution >= 4 is 10.9 Å². The van der Waals surface area contributed by atoms with Crippen LogP contribution in [0.5, 0.6) is 0 Å². The third-order valence-corrected chi connectivity index (χ3v) is 5.44. The van der Waals surface area contributed by atoms with Gasteiger partial charge in [0.1, 0.15) is 0 Å². The SMILES string of the molecule is Cc1ccc2c(c1)c1c(n2CCN2CCCC2)CCN(C)C1. The quantitative estimate of drug-likeness (QED) is 0.863. The number of likely N-dealkylation sites (N-methyl/N-ethyl adjacent to an activating group) is 1. The molecule has 1 aromatic carbocycles. The minimum atomic E-state index is 1.10. The number of aromatic nitrogens is 1. The molecule has 2 aliphatic rings. The number of hydrogen-bond donors (Lipinski definition) is 0. The normalized spacial score (nSPS) is 19.9. The lowest BCUT2D eigenvalue weighted by Crippen LogP contribution is -2.29.